The Bertz CT molecular complexity index is 977. The van der Waals surface area contributed by atoms with Gasteiger partial charge in [-0.15, -0.1) is 11.3 Å². The van der Waals surface area contributed by atoms with Crippen LogP contribution in [0.25, 0.3) is 5.69 Å². The van der Waals surface area contributed by atoms with Gasteiger partial charge in [0, 0.05) is 36.2 Å². The van der Waals surface area contributed by atoms with E-state index in [1.165, 1.54) is 17.5 Å². The van der Waals surface area contributed by atoms with Gasteiger partial charge in [0.15, 0.2) is 5.13 Å². The van der Waals surface area contributed by atoms with E-state index in [1.807, 2.05) is 17.5 Å². The molecule has 1 aliphatic rings. The first kappa shape index (κ1) is 20.0. The number of nitrogens with zero attached hydrogens (tertiary/aromatic N) is 4. The quantitative estimate of drug-likeness (QED) is 0.664. The maximum absolute atomic E-state index is 12.6. The number of aromatic nitrogens is 3. The van der Waals surface area contributed by atoms with Crippen molar-refractivity contribution in [3.8, 4) is 5.69 Å². The molecule has 0 saturated carbocycles. The maximum Gasteiger partial charge on any atom is 0.260 e. The van der Waals surface area contributed by atoms with Crippen LogP contribution in [-0.4, -0.2) is 50.9 Å². The lowest BCUT2D eigenvalue weighted by molar-refractivity contribution is -0.0707. The number of morpholine rings is 1. The fourth-order valence-corrected chi connectivity index (χ4v) is 4.25. The number of rotatable bonds is 5. The molecule has 9 heteroatoms. The summed E-state index contributed by atoms with van der Waals surface area (Å²) in [6, 6.07) is 7.26. The van der Waals surface area contributed by atoms with E-state index < -0.39 is 0 Å². The van der Waals surface area contributed by atoms with E-state index in [4.69, 9.17) is 16.3 Å². The summed E-state index contributed by atoms with van der Waals surface area (Å²) in [6.07, 6.45) is 3.65. The molecule has 3 heterocycles. The van der Waals surface area contributed by atoms with Crippen molar-refractivity contribution in [3.05, 3.63) is 58.3 Å². The van der Waals surface area contributed by atoms with Crippen molar-refractivity contribution in [1.29, 1.82) is 0 Å². The molecular formula is C20H22ClN5O2S. The maximum atomic E-state index is 12.6. The van der Waals surface area contributed by atoms with E-state index in [0.717, 1.165) is 31.0 Å². The Labute approximate surface area is 178 Å². The molecule has 7 nitrogen and oxygen atoms in total. The van der Waals surface area contributed by atoms with E-state index >= 15 is 0 Å². The molecule has 29 heavy (non-hydrogen) atoms. The third-order valence-corrected chi connectivity index (χ3v) is 5.65. The summed E-state index contributed by atoms with van der Waals surface area (Å²) < 4.78 is 7.41. The summed E-state index contributed by atoms with van der Waals surface area (Å²) in [6.45, 7) is 6.68. The number of carbonyl (C=O) groups is 1. The first-order valence-corrected chi connectivity index (χ1v) is 10.7. The fraction of sp³-hybridized carbons (Fsp3) is 0.350. The SMILES string of the molecule is C[C@@H]1CN(Cc2csc(NC(=O)c3cnn(-c4ccc(Cl)cc4)c3)n2)C[C@H](C)O1. The average molecular weight is 432 g/mol. The van der Waals surface area contributed by atoms with Gasteiger partial charge in [-0.1, -0.05) is 11.6 Å². The highest BCUT2D eigenvalue weighted by Crippen LogP contribution is 2.20. The van der Waals surface area contributed by atoms with Gasteiger partial charge < -0.3 is 4.74 Å². The number of nitrogens with one attached hydrogen (secondary N) is 1. The second kappa shape index (κ2) is 8.62. The van der Waals surface area contributed by atoms with Crippen molar-refractivity contribution in [1.82, 2.24) is 19.7 Å². The molecule has 0 bridgehead atoms. The van der Waals surface area contributed by atoms with Crippen LogP contribution in [0.2, 0.25) is 5.02 Å². The zero-order valence-corrected chi connectivity index (χ0v) is 17.8. The Kier molecular flexibility index (Phi) is 5.96. The third-order valence-electron chi connectivity index (χ3n) is 4.59. The number of amides is 1. The topological polar surface area (TPSA) is 72.3 Å². The Morgan fingerprint density at radius 1 is 1.28 bits per heavy atom. The van der Waals surface area contributed by atoms with Gasteiger partial charge in [-0.3, -0.25) is 15.0 Å². The van der Waals surface area contributed by atoms with E-state index in [1.54, 1.807) is 23.0 Å². The number of ether oxygens (including phenoxy) is 1. The Morgan fingerprint density at radius 3 is 2.72 bits per heavy atom. The molecule has 2 aromatic heterocycles. The van der Waals surface area contributed by atoms with Crippen LogP contribution in [0.15, 0.2) is 42.0 Å². The van der Waals surface area contributed by atoms with Gasteiger partial charge in [-0.25, -0.2) is 9.67 Å². The number of anilines is 1. The van der Waals surface area contributed by atoms with Crippen molar-refractivity contribution in [2.24, 2.45) is 0 Å². The smallest absolute Gasteiger partial charge is 0.260 e. The molecule has 3 aromatic rings. The van der Waals surface area contributed by atoms with Crippen LogP contribution >= 0.6 is 22.9 Å². The lowest BCUT2D eigenvalue weighted by Crippen LogP contribution is -2.44. The van der Waals surface area contributed by atoms with E-state index in [-0.39, 0.29) is 18.1 Å². The number of halogens is 1. The lowest BCUT2D eigenvalue weighted by Gasteiger charge is -2.34. The van der Waals surface area contributed by atoms with Crippen LogP contribution in [0, 0.1) is 0 Å². The second-order valence-electron chi connectivity index (χ2n) is 7.20. The van der Waals surface area contributed by atoms with Gasteiger partial charge in [0.25, 0.3) is 5.91 Å². The molecule has 1 saturated heterocycles. The Hall–Kier alpha value is -2.26. The minimum atomic E-state index is -0.236. The summed E-state index contributed by atoms with van der Waals surface area (Å²) in [5, 5.41) is 10.3. The first-order valence-electron chi connectivity index (χ1n) is 9.40. The molecule has 1 amide bonds. The van der Waals surface area contributed by atoms with Crippen molar-refractivity contribution < 1.29 is 9.53 Å². The molecule has 1 fully saturated rings. The standard InChI is InChI=1S/C20H22ClN5O2S/c1-13-8-25(9-14(2)28-13)11-17-12-29-20(23-17)24-19(27)15-7-22-26(10-15)18-5-3-16(21)4-6-18/h3-7,10,12-14H,8-9,11H2,1-2H3,(H,23,24,27)/t13-,14+. The summed E-state index contributed by atoms with van der Waals surface area (Å²) in [4.78, 5) is 19.4. The average Bonchev–Trinajstić information content (AvgIpc) is 3.31. The Balaban J connectivity index is 1.37. The van der Waals surface area contributed by atoms with Gasteiger partial charge >= 0.3 is 0 Å². The first-order chi connectivity index (χ1) is 14.0. The normalized spacial score (nSPS) is 20.0. The minimum Gasteiger partial charge on any atom is -0.373 e. The summed E-state index contributed by atoms with van der Waals surface area (Å²) in [7, 11) is 0. The predicted molar refractivity (Wildman–Crippen MR) is 114 cm³/mol. The highest BCUT2D eigenvalue weighted by molar-refractivity contribution is 7.13. The molecule has 0 unspecified atom stereocenters. The highest BCUT2D eigenvalue weighted by Gasteiger charge is 2.23. The fourth-order valence-electron chi connectivity index (χ4n) is 3.42. The molecule has 0 spiro atoms. The van der Waals surface area contributed by atoms with Gasteiger partial charge in [-0.2, -0.15) is 5.10 Å². The van der Waals surface area contributed by atoms with Crippen LogP contribution < -0.4 is 5.32 Å². The summed E-state index contributed by atoms with van der Waals surface area (Å²) in [5.41, 5.74) is 2.25. The number of carbonyl (C=O) groups excluding carboxylic acids is 1. The van der Waals surface area contributed by atoms with Crippen LogP contribution in [0.5, 0.6) is 0 Å². The number of benzene rings is 1. The molecule has 0 radical (unpaired) electrons. The largest absolute Gasteiger partial charge is 0.373 e. The van der Waals surface area contributed by atoms with Crippen LogP contribution in [0.3, 0.4) is 0 Å². The van der Waals surface area contributed by atoms with Crippen molar-refractivity contribution in [3.63, 3.8) is 0 Å². The van der Waals surface area contributed by atoms with E-state index in [0.29, 0.717) is 15.7 Å². The molecule has 1 aromatic carbocycles. The molecule has 0 aliphatic carbocycles. The van der Waals surface area contributed by atoms with Crippen LogP contribution in [0.1, 0.15) is 29.9 Å². The zero-order valence-electron chi connectivity index (χ0n) is 16.2. The van der Waals surface area contributed by atoms with Crippen molar-refractivity contribution >= 4 is 34.0 Å². The van der Waals surface area contributed by atoms with Crippen molar-refractivity contribution in [2.45, 2.75) is 32.6 Å². The second-order valence-corrected chi connectivity index (χ2v) is 8.49. The number of hydrogen-bond acceptors (Lipinski definition) is 6. The number of hydrogen-bond donors (Lipinski definition) is 1. The van der Waals surface area contributed by atoms with E-state index in [2.05, 4.69) is 34.1 Å². The lowest BCUT2D eigenvalue weighted by atomic mass is 10.2. The molecule has 1 aliphatic heterocycles. The van der Waals surface area contributed by atoms with E-state index in [9.17, 15) is 4.79 Å². The predicted octanol–water partition coefficient (Wildman–Crippen LogP) is 3.84. The zero-order chi connectivity index (χ0) is 20.4. The van der Waals surface area contributed by atoms with Gasteiger partial charge in [-0.05, 0) is 38.1 Å². The van der Waals surface area contributed by atoms with Gasteiger partial charge in [0.05, 0.1) is 35.3 Å². The monoisotopic (exact) mass is 431 g/mol. The molecular weight excluding hydrogens is 410 g/mol. The summed E-state index contributed by atoms with van der Waals surface area (Å²) >= 11 is 7.34. The van der Waals surface area contributed by atoms with Crippen molar-refractivity contribution in [2.75, 3.05) is 18.4 Å². The minimum absolute atomic E-state index is 0.216. The molecule has 4 rings (SSSR count). The van der Waals surface area contributed by atoms with Gasteiger partial charge in [0.2, 0.25) is 0 Å². The Morgan fingerprint density at radius 2 is 2.00 bits per heavy atom. The van der Waals surface area contributed by atoms with Crippen LogP contribution in [0.4, 0.5) is 5.13 Å². The van der Waals surface area contributed by atoms with Gasteiger partial charge in [0.1, 0.15) is 0 Å². The molecule has 152 valence electrons. The number of thiazole rings is 1. The van der Waals surface area contributed by atoms with Crippen LogP contribution in [-0.2, 0) is 11.3 Å². The third kappa shape index (κ3) is 5.02. The summed E-state index contributed by atoms with van der Waals surface area (Å²) in [5.74, 6) is -0.236. The molecule has 2 atom stereocenters. The molecule has 1 N–H and O–H groups in total. The highest BCUT2D eigenvalue weighted by atomic mass is 35.5.